The van der Waals surface area contributed by atoms with Crippen LogP contribution in [-0.4, -0.2) is 46.9 Å². The van der Waals surface area contributed by atoms with Crippen molar-refractivity contribution in [2.75, 3.05) is 13.1 Å². The fourth-order valence-corrected chi connectivity index (χ4v) is 3.07. The van der Waals surface area contributed by atoms with Crippen LogP contribution in [0.25, 0.3) is 10.4 Å². The Labute approximate surface area is 118 Å². The van der Waals surface area contributed by atoms with Crippen LogP contribution in [0.1, 0.15) is 33.6 Å². The summed E-state index contributed by atoms with van der Waals surface area (Å²) in [5, 5.41) is 13.6. The lowest BCUT2D eigenvalue weighted by Crippen LogP contribution is -2.37. The van der Waals surface area contributed by atoms with E-state index in [0.717, 1.165) is 0 Å². The molecule has 1 saturated heterocycles. The number of amides is 1. The van der Waals surface area contributed by atoms with E-state index >= 15 is 0 Å². The summed E-state index contributed by atoms with van der Waals surface area (Å²) in [6.07, 6.45) is 0.301. The molecule has 0 spiro atoms. The summed E-state index contributed by atoms with van der Waals surface area (Å²) in [5.74, 6) is 0.545. The minimum atomic E-state index is -0.606. The molecular formula is C13H22N4O3. The maximum Gasteiger partial charge on any atom is 0.410 e. The van der Waals surface area contributed by atoms with Gasteiger partial charge in [0.2, 0.25) is 0 Å². The van der Waals surface area contributed by atoms with E-state index in [4.69, 9.17) is 10.3 Å². The van der Waals surface area contributed by atoms with Crippen molar-refractivity contribution < 1.29 is 14.6 Å². The van der Waals surface area contributed by atoms with Crippen molar-refractivity contribution >= 4 is 6.09 Å². The molecule has 0 bridgehead atoms. The molecule has 0 unspecified atom stereocenters. The van der Waals surface area contributed by atoms with Crippen molar-refractivity contribution in [1.82, 2.24) is 4.90 Å². The predicted molar refractivity (Wildman–Crippen MR) is 73.0 cm³/mol. The van der Waals surface area contributed by atoms with Crippen LogP contribution in [0.5, 0.6) is 0 Å². The molecule has 7 nitrogen and oxygen atoms in total. The molecule has 1 saturated carbocycles. The van der Waals surface area contributed by atoms with Crippen molar-refractivity contribution in [3.8, 4) is 0 Å². The Morgan fingerprint density at radius 1 is 1.35 bits per heavy atom. The Bertz CT molecular complexity index is 428. The lowest BCUT2D eigenvalue weighted by molar-refractivity contribution is 0.0282. The molecule has 0 radical (unpaired) electrons. The fraction of sp³-hybridized carbons (Fsp3) is 0.923. The van der Waals surface area contributed by atoms with Crippen molar-refractivity contribution in [3.63, 3.8) is 0 Å². The number of aliphatic hydroxyl groups is 1. The van der Waals surface area contributed by atoms with Gasteiger partial charge in [-0.3, -0.25) is 0 Å². The van der Waals surface area contributed by atoms with Crippen LogP contribution in [0.4, 0.5) is 4.79 Å². The zero-order chi connectivity index (χ0) is 14.9. The quantitative estimate of drug-likeness (QED) is 0.454. The second-order valence-electron chi connectivity index (χ2n) is 6.72. The Morgan fingerprint density at radius 2 is 1.95 bits per heavy atom. The Balaban J connectivity index is 1.98. The number of likely N-dealkylation sites (tertiary alicyclic amines) is 1. The van der Waals surface area contributed by atoms with E-state index in [-0.39, 0.29) is 24.0 Å². The average molecular weight is 282 g/mol. The van der Waals surface area contributed by atoms with Crippen LogP contribution in [0, 0.1) is 11.8 Å². The standard InChI is InChI=1S/C13H22N4O3/c1-13(2,3)20-12(19)17-6-8-4-10(15-16-14)11(18)5-9(8)7-17/h8-11,18H,4-7H2,1-3H3/t8-,9+,10-,11-/m0/s1. The van der Waals surface area contributed by atoms with Gasteiger partial charge in [0.15, 0.2) is 0 Å². The Kier molecular flexibility index (Phi) is 4.11. The van der Waals surface area contributed by atoms with Gasteiger partial charge >= 0.3 is 6.09 Å². The number of hydrogen-bond donors (Lipinski definition) is 1. The zero-order valence-electron chi connectivity index (χ0n) is 12.2. The highest BCUT2D eigenvalue weighted by molar-refractivity contribution is 5.68. The molecule has 2 aliphatic rings. The first-order valence-electron chi connectivity index (χ1n) is 7.00. The van der Waals surface area contributed by atoms with Crippen molar-refractivity contribution in [3.05, 3.63) is 10.4 Å². The second kappa shape index (κ2) is 5.50. The van der Waals surface area contributed by atoms with Gasteiger partial charge in [0.05, 0.1) is 12.1 Å². The summed E-state index contributed by atoms with van der Waals surface area (Å²) >= 11 is 0. The normalized spacial score (nSPS) is 33.3. The third-order valence-electron chi connectivity index (χ3n) is 3.96. The maximum absolute atomic E-state index is 12.1. The van der Waals surface area contributed by atoms with Gasteiger partial charge in [-0.05, 0) is 51.0 Å². The SMILES string of the molecule is CC(C)(C)OC(=O)N1C[C@H]2C[C@H](O)[C@@H](N=[N+]=[N-])C[C@H]2C1. The minimum absolute atomic E-state index is 0.266. The van der Waals surface area contributed by atoms with E-state index in [1.165, 1.54) is 0 Å². The van der Waals surface area contributed by atoms with Gasteiger partial charge in [-0.1, -0.05) is 5.11 Å². The summed E-state index contributed by atoms with van der Waals surface area (Å²) in [5.41, 5.74) is 8.01. The summed E-state index contributed by atoms with van der Waals surface area (Å²) in [6, 6.07) is -0.375. The molecule has 1 aliphatic carbocycles. The summed E-state index contributed by atoms with van der Waals surface area (Å²) in [7, 11) is 0. The van der Waals surface area contributed by atoms with E-state index in [9.17, 15) is 9.90 Å². The van der Waals surface area contributed by atoms with E-state index in [0.29, 0.717) is 25.9 Å². The molecule has 1 heterocycles. The molecule has 1 amide bonds. The number of nitrogens with zero attached hydrogens (tertiary/aromatic N) is 4. The van der Waals surface area contributed by atoms with Gasteiger partial charge in [0.25, 0.3) is 0 Å². The number of carbonyl (C=O) groups is 1. The molecule has 20 heavy (non-hydrogen) atoms. The third-order valence-corrected chi connectivity index (χ3v) is 3.96. The monoisotopic (exact) mass is 282 g/mol. The van der Waals surface area contributed by atoms with Crippen molar-refractivity contribution in [1.29, 1.82) is 0 Å². The molecule has 0 aromatic rings. The highest BCUT2D eigenvalue weighted by Crippen LogP contribution is 2.38. The van der Waals surface area contributed by atoms with Gasteiger partial charge in [-0.2, -0.15) is 0 Å². The van der Waals surface area contributed by atoms with Gasteiger partial charge < -0.3 is 14.7 Å². The van der Waals surface area contributed by atoms with E-state index < -0.39 is 11.7 Å². The molecule has 0 aromatic heterocycles. The summed E-state index contributed by atoms with van der Waals surface area (Å²) in [4.78, 5) is 16.5. The first-order valence-corrected chi connectivity index (χ1v) is 7.00. The number of hydrogen-bond acceptors (Lipinski definition) is 4. The van der Waals surface area contributed by atoms with Crippen LogP contribution in [-0.2, 0) is 4.74 Å². The molecule has 0 aromatic carbocycles. The van der Waals surface area contributed by atoms with Crippen LogP contribution in [0.2, 0.25) is 0 Å². The predicted octanol–water partition coefficient (Wildman–Crippen LogP) is 2.30. The smallest absolute Gasteiger partial charge is 0.410 e. The van der Waals surface area contributed by atoms with Gasteiger partial charge in [-0.15, -0.1) is 0 Å². The molecular weight excluding hydrogens is 260 g/mol. The Hall–Kier alpha value is -1.46. The van der Waals surface area contributed by atoms with Crippen molar-refractivity contribution in [2.45, 2.75) is 51.4 Å². The largest absolute Gasteiger partial charge is 0.444 e. The van der Waals surface area contributed by atoms with Crippen LogP contribution < -0.4 is 0 Å². The molecule has 4 atom stereocenters. The topological polar surface area (TPSA) is 98.5 Å². The average Bonchev–Trinajstić information content (AvgIpc) is 2.70. The molecule has 2 fully saturated rings. The number of rotatable bonds is 1. The van der Waals surface area contributed by atoms with E-state index in [1.807, 2.05) is 20.8 Å². The van der Waals surface area contributed by atoms with Crippen LogP contribution in [0.15, 0.2) is 5.11 Å². The lowest BCUT2D eigenvalue weighted by atomic mass is 9.78. The first kappa shape index (κ1) is 14.9. The number of carbonyl (C=O) groups excluding carboxylic acids is 1. The van der Waals surface area contributed by atoms with E-state index in [2.05, 4.69) is 10.0 Å². The van der Waals surface area contributed by atoms with Gasteiger partial charge in [0, 0.05) is 18.0 Å². The second-order valence-corrected chi connectivity index (χ2v) is 6.72. The third kappa shape index (κ3) is 3.35. The first-order chi connectivity index (χ1) is 9.30. The molecule has 1 N–H and O–H groups in total. The van der Waals surface area contributed by atoms with E-state index in [1.54, 1.807) is 4.90 Å². The van der Waals surface area contributed by atoms with Gasteiger partial charge in [0.1, 0.15) is 5.60 Å². The molecule has 2 rings (SSSR count). The molecule has 112 valence electrons. The zero-order valence-corrected chi connectivity index (χ0v) is 12.2. The molecule has 7 heteroatoms. The minimum Gasteiger partial charge on any atom is -0.444 e. The number of fused-ring (bicyclic) bond motifs is 1. The fourth-order valence-electron chi connectivity index (χ4n) is 3.07. The lowest BCUT2D eigenvalue weighted by Gasteiger charge is -2.32. The number of aliphatic hydroxyl groups excluding tert-OH is 1. The summed E-state index contributed by atoms with van der Waals surface area (Å²) in [6.45, 7) is 6.75. The van der Waals surface area contributed by atoms with Gasteiger partial charge in [-0.25, -0.2) is 4.79 Å². The van der Waals surface area contributed by atoms with Crippen molar-refractivity contribution in [2.24, 2.45) is 17.0 Å². The van der Waals surface area contributed by atoms with Crippen LogP contribution in [0.3, 0.4) is 0 Å². The Morgan fingerprint density at radius 3 is 2.50 bits per heavy atom. The van der Waals surface area contributed by atoms with Crippen LogP contribution >= 0.6 is 0 Å². The molecule has 1 aliphatic heterocycles. The number of ether oxygens (including phenoxy) is 1. The maximum atomic E-state index is 12.1. The highest BCUT2D eigenvalue weighted by atomic mass is 16.6. The highest BCUT2D eigenvalue weighted by Gasteiger charge is 2.43. The number of azide groups is 1. The summed E-state index contributed by atoms with van der Waals surface area (Å²) < 4.78 is 5.37.